The van der Waals surface area contributed by atoms with Crippen molar-refractivity contribution in [3.8, 4) is 5.75 Å². The molecule has 0 fully saturated rings. The summed E-state index contributed by atoms with van der Waals surface area (Å²) in [6.45, 7) is 0.485. The van der Waals surface area contributed by atoms with Crippen LogP contribution in [0, 0.1) is 0 Å². The summed E-state index contributed by atoms with van der Waals surface area (Å²) < 4.78 is 1.44. The van der Waals surface area contributed by atoms with Crippen LogP contribution in [0.25, 0.3) is 0 Å². The first-order valence-corrected chi connectivity index (χ1v) is 6.06. The van der Waals surface area contributed by atoms with Crippen molar-refractivity contribution >= 4 is 22.9 Å². The Morgan fingerprint density at radius 1 is 1.25 bits per heavy atom. The molecule has 0 aliphatic rings. The number of aliphatic hydroxyl groups excluding tert-OH is 1. The Kier molecular flexibility index (Phi) is 3.85. The molecule has 9 N–H and O–H groups in total. The van der Waals surface area contributed by atoms with Gasteiger partial charge in [-0.15, -0.1) is 0 Å². The van der Waals surface area contributed by atoms with Crippen molar-refractivity contribution < 1.29 is 10.2 Å². The lowest BCUT2D eigenvalue weighted by Crippen LogP contribution is -2.08. The van der Waals surface area contributed by atoms with E-state index >= 15 is 0 Å². The number of benzene rings is 1. The van der Waals surface area contributed by atoms with Gasteiger partial charge < -0.3 is 32.7 Å². The summed E-state index contributed by atoms with van der Waals surface area (Å²) in [4.78, 5) is 0. The summed E-state index contributed by atoms with van der Waals surface area (Å²) in [7, 11) is 0. The molecule has 0 spiro atoms. The number of hydrogen-bond acceptors (Lipinski definition) is 7. The summed E-state index contributed by atoms with van der Waals surface area (Å²) in [5.41, 5.74) is 19.2. The van der Waals surface area contributed by atoms with Crippen molar-refractivity contribution in [1.29, 1.82) is 0 Å². The Bertz CT molecular complexity index is 610. The zero-order chi connectivity index (χ0) is 14.7. The number of aromatic hydroxyl groups is 1. The van der Waals surface area contributed by atoms with Gasteiger partial charge in [0.1, 0.15) is 17.3 Å². The lowest BCUT2D eigenvalue weighted by atomic mass is 10.2. The number of aromatic nitrogens is 2. The second kappa shape index (κ2) is 5.57. The Labute approximate surface area is 115 Å². The van der Waals surface area contributed by atoms with Crippen molar-refractivity contribution in [2.24, 2.45) is 0 Å². The molecular weight excluding hydrogens is 260 g/mol. The minimum absolute atomic E-state index is 0.0752. The number of aliphatic hydroxyl groups is 1. The molecule has 0 bridgehead atoms. The minimum Gasteiger partial charge on any atom is -0.506 e. The first-order chi connectivity index (χ1) is 9.52. The smallest absolute Gasteiger partial charge is 0.145 e. The van der Waals surface area contributed by atoms with Crippen LogP contribution in [0.1, 0.15) is 5.69 Å². The van der Waals surface area contributed by atoms with Gasteiger partial charge in [0.15, 0.2) is 0 Å². The number of nitrogens with zero attached hydrogens (tertiary/aromatic N) is 2. The van der Waals surface area contributed by atoms with E-state index in [1.807, 2.05) is 0 Å². The normalized spacial score (nSPS) is 10.7. The van der Waals surface area contributed by atoms with Gasteiger partial charge in [-0.25, -0.2) is 4.68 Å². The first kappa shape index (κ1) is 13.8. The van der Waals surface area contributed by atoms with Crippen molar-refractivity contribution in [3.05, 3.63) is 23.9 Å². The van der Waals surface area contributed by atoms with E-state index in [0.717, 1.165) is 0 Å². The number of nitrogen functional groups attached to an aromatic ring is 3. The fraction of sp³-hybridized carbons (Fsp3) is 0.250. The van der Waals surface area contributed by atoms with Gasteiger partial charge in [-0.3, -0.25) is 0 Å². The van der Waals surface area contributed by atoms with E-state index < -0.39 is 0 Å². The van der Waals surface area contributed by atoms with Crippen LogP contribution in [0.4, 0.5) is 22.9 Å². The van der Waals surface area contributed by atoms with E-state index in [0.29, 0.717) is 28.6 Å². The van der Waals surface area contributed by atoms with Crippen molar-refractivity contribution in [2.45, 2.75) is 13.1 Å². The molecule has 0 radical (unpaired) electrons. The maximum Gasteiger partial charge on any atom is 0.145 e. The van der Waals surface area contributed by atoms with Crippen molar-refractivity contribution in [3.63, 3.8) is 0 Å². The van der Waals surface area contributed by atoms with Gasteiger partial charge in [0.05, 0.1) is 31.1 Å². The van der Waals surface area contributed by atoms with Crippen LogP contribution in [-0.2, 0) is 13.1 Å². The molecule has 20 heavy (non-hydrogen) atoms. The van der Waals surface area contributed by atoms with Gasteiger partial charge in [-0.1, -0.05) is 0 Å². The Balaban J connectivity index is 2.14. The molecule has 8 heteroatoms. The first-order valence-electron chi connectivity index (χ1n) is 6.06. The third kappa shape index (κ3) is 2.69. The predicted octanol–water partition coefficient (Wildman–Crippen LogP) is -0.0603. The highest BCUT2D eigenvalue weighted by atomic mass is 16.3. The molecule has 2 aromatic rings. The second-order valence-electron chi connectivity index (χ2n) is 4.32. The van der Waals surface area contributed by atoms with E-state index in [9.17, 15) is 5.11 Å². The van der Waals surface area contributed by atoms with Crippen LogP contribution in [0.15, 0.2) is 18.2 Å². The van der Waals surface area contributed by atoms with E-state index in [-0.39, 0.29) is 25.4 Å². The van der Waals surface area contributed by atoms with Gasteiger partial charge in [-0.2, -0.15) is 5.10 Å². The largest absolute Gasteiger partial charge is 0.506 e. The van der Waals surface area contributed by atoms with E-state index in [1.165, 1.54) is 10.7 Å². The molecule has 8 nitrogen and oxygen atoms in total. The average molecular weight is 278 g/mol. The van der Waals surface area contributed by atoms with E-state index in [1.54, 1.807) is 12.1 Å². The third-order valence-electron chi connectivity index (χ3n) is 2.89. The maximum atomic E-state index is 9.69. The average Bonchev–Trinajstić information content (AvgIpc) is 2.68. The fourth-order valence-electron chi connectivity index (χ4n) is 1.81. The SMILES string of the molecule is Nc1ccc(O)c(NCc2nn(CCO)c(N)c2N)c1. The highest BCUT2D eigenvalue weighted by molar-refractivity contribution is 5.65. The molecule has 2 rings (SSSR count). The molecule has 108 valence electrons. The van der Waals surface area contributed by atoms with Gasteiger partial charge in [0.2, 0.25) is 0 Å². The summed E-state index contributed by atoms with van der Waals surface area (Å²) in [6.07, 6.45) is 0. The number of phenols is 1. The Morgan fingerprint density at radius 3 is 2.70 bits per heavy atom. The number of hydrogen-bond donors (Lipinski definition) is 6. The van der Waals surface area contributed by atoms with Crippen LogP contribution in [0.5, 0.6) is 5.75 Å². The summed E-state index contributed by atoms with van der Waals surface area (Å²) in [5.74, 6) is 0.396. The van der Waals surface area contributed by atoms with Crippen LogP contribution < -0.4 is 22.5 Å². The number of anilines is 4. The van der Waals surface area contributed by atoms with E-state index in [4.69, 9.17) is 22.3 Å². The van der Waals surface area contributed by atoms with Crippen molar-refractivity contribution in [2.75, 3.05) is 29.1 Å². The molecule has 0 unspecified atom stereocenters. The van der Waals surface area contributed by atoms with Gasteiger partial charge in [0, 0.05) is 5.69 Å². The molecule has 1 aromatic carbocycles. The standard InChI is InChI=1S/C12H18N6O2/c13-7-1-2-10(20)8(5-7)16-6-9-11(14)12(15)18(17-9)3-4-19/h1-2,5,16,19-20H,3-4,6,13-15H2. The molecule has 0 saturated heterocycles. The Morgan fingerprint density at radius 2 is 2.00 bits per heavy atom. The lowest BCUT2D eigenvalue weighted by Gasteiger charge is -2.08. The molecule has 1 aromatic heterocycles. The zero-order valence-electron chi connectivity index (χ0n) is 10.9. The summed E-state index contributed by atoms with van der Waals surface area (Å²) in [5, 5.41) is 25.8. The van der Waals surface area contributed by atoms with Crippen LogP contribution in [0.2, 0.25) is 0 Å². The number of rotatable bonds is 5. The minimum atomic E-state index is -0.0752. The molecule has 0 saturated carbocycles. The van der Waals surface area contributed by atoms with Gasteiger partial charge in [0.25, 0.3) is 0 Å². The maximum absolute atomic E-state index is 9.69. The quantitative estimate of drug-likeness (QED) is 0.255. The van der Waals surface area contributed by atoms with Gasteiger partial charge >= 0.3 is 0 Å². The second-order valence-corrected chi connectivity index (χ2v) is 4.32. The summed E-state index contributed by atoms with van der Waals surface area (Å²) in [6, 6.07) is 4.71. The van der Waals surface area contributed by atoms with Crippen molar-refractivity contribution in [1.82, 2.24) is 9.78 Å². The Hall–Kier alpha value is -2.61. The fourth-order valence-corrected chi connectivity index (χ4v) is 1.81. The zero-order valence-corrected chi connectivity index (χ0v) is 10.9. The highest BCUT2D eigenvalue weighted by Gasteiger charge is 2.12. The van der Waals surface area contributed by atoms with Gasteiger partial charge in [-0.05, 0) is 18.2 Å². The number of phenolic OH excluding ortho intramolecular Hbond substituents is 1. The number of nitrogens with one attached hydrogen (secondary N) is 1. The molecule has 0 aliphatic heterocycles. The highest BCUT2D eigenvalue weighted by Crippen LogP contribution is 2.27. The molecule has 1 heterocycles. The molecule has 0 atom stereocenters. The lowest BCUT2D eigenvalue weighted by molar-refractivity contribution is 0.270. The molecule has 0 amide bonds. The number of nitrogens with two attached hydrogens (primary N) is 3. The topological polar surface area (TPSA) is 148 Å². The van der Waals surface area contributed by atoms with Crippen LogP contribution in [-0.4, -0.2) is 26.6 Å². The molecular formula is C12H18N6O2. The monoisotopic (exact) mass is 278 g/mol. The van der Waals surface area contributed by atoms with Crippen LogP contribution >= 0.6 is 0 Å². The third-order valence-corrected chi connectivity index (χ3v) is 2.89. The molecule has 0 aliphatic carbocycles. The van der Waals surface area contributed by atoms with Crippen LogP contribution in [0.3, 0.4) is 0 Å². The van der Waals surface area contributed by atoms with E-state index in [2.05, 4.69) is 10.4 Å². The summed E-state index contributed by atoms with van der Waals surface area (Å²) >= 11 is 0. The predicted molar refractivity (Wildman–Crippen MR) is 78.0 cm³/mol.